The standard InChI is InChI=1S/C23H21N5OS/c1-2-17-9-8-10-18(15-17)24-23(29)20-13-6-7-14-21(20)30-16-22-25-26-27-28(22)19-11-4-3-5-12-19/h3-15H,2,16H2,1H3,(H,24,29). The van der Waals surface area contributed by atoms with Gasteiger partial charge in [0.15, 0.2) is 5.82 Å². The molecule has 0 radical (unpaired) electrons. The van der Waals surface area contributed by atoms with Crippen molar-refractivity contribution >= 4 is 23.4 Å². The van der Waals surface area contributed by atoms with Gasteiger partial charge in [0.1, 0.15) is 0 Å². The fraction of sp³-hybridized carbons (Fsp3) is 0.130. The highest BCUT2D eigenvalue weighted by Crippen LogP contribution is 2.27. The van der Waals surface area contributed by atoms with Gasteiger partial charge in [-0.25, -0.2) is 0 Å². The van der Waals surface area contributed by atoms with Crippen molar-refractivity contribution < 1.29 is 4.79 Å². The molecule has 150 valence electrons. The SMILES string of the molecule is CCc1cccc(NC(=O)c2ccccc2SCc2nnnn2-c2ccccc2)c1. The molecular weight excluding hydrogens is 394 g/mol. The summed E-state index contributed by atoms with van der Waals surface area (Å²) in [6, 6.07) is 25.2. The third-order valence-electron chi connectivity index (χ3n) is 4.62. The molecular formula is C23H21N5OS. The monoisotopic (exact) mass is 415 g/mol. The van der Waals surface area contributed by atoms with Gasteiger partial charge in [-0.3, -0.25) is 4.79 Å². The molecule has 0 aliphatic heterocycles. The third kappa shape index (κ3) is 4.58. The number of aromatic nitrogens is 4. The second-order valence-corrected chi connectivity index (χ2v) is 7.65. The smallest absolute Gasteiger partial charge is 0.256 e. The second-order valence-electron chi connectivity index (χ2n) is 6.64. The minimum absolute atomic E-state index is 0.131. The molecule has 4 aromatic rings. The number of amides is 1. The number of thioether (sulfide) groups is 1. The maximum Gasteiger partial charge on any atom is 0.256 e. The molecule has 6 nitrogen and oxygen atoms in total. The van der Waals surface area contributed by atoms with E-state index in [1.807, 2.05) is 72.8 Å². The maximum absolute atomic E-state index is 12.9. The number of hydrogen-bond donors (Lipinski definition) is 1. The van der Waals surface area contributed by atoms with Gasteiger partial charge in [-0.05, 0) is 58.8 Å². The summed E-state index contributed by atoms with van der Waals surface area (Å²) in [5.74, 6) is 1.13. The van der Waals surface area contributed by atoms with Crippen LogP contribution >= 0.6 is 11.8 Å². The number of nitrogens with zero attached hydrogens (tertiary/aromatic N) is 4. The van der Waals surface area contributed by atoms with Gasteiger partial charge in [-0.1, -0.05) is 49.4 Å². The van der Waals surface area contributed by atoms with Crippen molar-refractivity contribution in [3.63, 3.8) is 0 Å². The van der Waals surface area contributed by atoms with E-state index in [9.17, 15) is 4.79 Å². The van der Waals surface area contributed by atoms with Crippen molar-refractivity contribution in [3.05, 3.63) is 95.8 Å². The molecule has 1 amide bonds. The molecule has 0 spiro atoms. The summed E-state index contributed by atoms with van der Waals surface area (Å²) < 4.78 is 1.71. The Labute approximate surface area is 179 Å². The van der Waals surface area contributed by atoms with Crippen molar-refractivity contribution in [2.45, 2.75) is 24.0 Å². The fourth-order valence-corrected chi connectivity index (χ4v) is 4.01. The Morgan fingerprint density at radius 3 is 2.63 bits per heavy atom. The minimum Gasteiger partial charge on any atom is -0.322 e. The Hall–Kier alpha value is -3.45. The van der Waals surface area contributed by atoms with Crippen LogP contribution < -0.4 is 5.32 Å². The lowest BCUT2D eigenvalue weighted by atomic mass is 10.1. The molecule has 0 aliphatic carbocycles. The molecule has 1 aromatic heterocycles. The van der Waals surface area contributed by atoms with E-state index in [0.717, 1.165) is 28.5 Å². The molecule has 0 saturated carbocycles. The van der Waals surface area contributed by atoms with E-state index >= 15 is 0 Å². The van der Waals surface area contributed by atoms with E-state index in [1.54, 1.807) is 4.68 Å². The van der Waals surface area contributed by atoms with Gasteiger partial charge >= 0.3 is 0 Å². The minimum atomic E-state index is -0.131. The predicted molar refractivity (Wildman–Crippen MR) is 119 cm³/mol. The zero-order valence-electron chi connectivity index (χ0n) is 16.5. The Kier molecular flexibility index (Phi) is 6.20. The number of hydrogen-bond acceptors (Lipinski definition) is 5. The van der Waals surface area contributed by atoms with Gasteiger partial charge in [0.25, 0.3) is 5.91 Å². The lowest BCUT2D eigenvalue weighted by Gasteiger charge is -2.11. The van der Waals surface area contributed by atoms with E-state index in [1.165, 1.54) is 17.3 Å². The summed E-state index contributed by atoms with van der Waals surface area (Å²) in [4.78, 5) is 13.8. The number of carbonyl (C=O) groups excluding carboxylic acids is 1. The Morgan fingerprint density at radius 1 is 1.00 bits per heavy atom. The first-order valence-electron chi connectivity index (χ1n) is 9.69. The van der Waals surface area contributed by atoms with Crippen molar-refractivity contribution in [2.75, 3.05) is 5.32 Å². The van der Waals surface area contributed by atoms with Crippen LogP contribution in [-0.4, -0.2) is 26.1 Å². The Morgan fingerprint density at radius 2 is 1.80 bits per heavy atom. The van der Waals surface area contributed by atoms with Crippen molar-refractivity contribution in [3.8, 4) is 5.69 Å². The summed E-state index contributed by atoms with van der Waals surface area (Å²) in [5, 5.41) is 15.1. The Bertz CT molecular complexity index is 1140. The van der Waals surface area contributed by atoms with Crippen LogP contribution in [0, 0.1) is 0 Å². The highest BCUT2D eigenvalue weighted by molar-refractivity contribution is 7.98. The molecule has 4 rings (SSSR count). The highest BCUT2D eigenvalue weighted by Gasteiger charge is 2.14. The molecule has 7 heteroatoms. The number of rotatable bonds is 7. The number of nitrogens with one attached hydrogen (secondary N) is 1. The normalized spacial score (nSPS) is 10.7. The number of tetrazole rings is 1. The quantitative estimate of drug-likeness (QED) is 0.440. The van der Waals surface area contributed by atoms with Crippen LogP contribution in [0.1, 0.15) is 28.7 Å². The first-order chi connectivity index (χ1) is 14.7. The second kappa shape index (κ2) is 9.37. The summed E-state index contributed by atoms with van der Waals surface area (Å²) in [7, 11) is 0. The number of aryl methyl sites for hydroxylation is 1. The molecule has 0 saturated heterocycles. The molecule has 30 heavy (non-hydrogen) atoms. The number of carbonyl (C=O) groups is 1. The lowest BCUT2D eigenvalue weighted by Crippen LogP contribution is -2.13. The summed E-state index contributed by atoms with van der Waals surface area (Å²) in [6.07, 6.45) is 0.923. The van der Waals surface area contributed by atoms with E-state index in [-0.39, 0.29) is 5.91 Å². The summed E-state index contributed by atoms with van der Waals surface area (Å²) >= 11 is 1.54. The van der Waals surface area contributed by atoms with Crippen LogP contribution in [0.2, 0.25) is 0 Å². The van der Waals surface area contributed by atoms with Crippen LogP contribution in [-0.2, 0) is 12.2 Å². The molecule has 3 aromatic carbocycles. The van der Waals surface area contributed by atoms with Gasteiger partial charge in [0.05, 0.1) is 17.0 Å². The molecule has 1 N–H and O–H groups in total. The van der Waals surface area contributed by atoms with E-state index in [2.05, 4.69) is 33.8 Å². The van der Waals surface area contributed by atoms with Crippen LogP contribution in [0.5, 0.6) is 0 Å². The lowest BCUT2D eigenvalue weighted by molar-refractivity contribution is 0.102. The molecule has 0 atom stereocenters. The van der Waals surface area contributed by atoms with Gasteiger partial charge in [-0.15, -0.1) is 16.9 Å². The molecule has 0 bridgehead atoms. The van der Waals surface area contributed by atoms with E-state index in [0.29, 0.717) is 11.3 Å². The number of anilines is 1. The molecule has 1 heterocycles. The van der Waals surface area contributed by atoms with Crippen LogP contribution in [0.15, 0.2) is 83.8 Å². The highest BCUT2D eigenvalue weighted by atomic mass is 32.2. The van der Waals surface area contributed by atoms with E-state index < -0.39 is 0 Å². The predicted octanol–water partition coefficient (Wildman–Crippen LogP) is 4.77. The summed E-state index contributed by atoms with van der Waals surface area (Å²) in [6.45, 7) is 2.09. The molecule has 0 unspecified atom stereocenters. The zero-order valence-corrected chi connectivity index (χ0v) is 17.3. The zero-order chi connectivity index (χ0) is 20.8. The summed E-state index contributed by atoms with van der Waals surface area (Å²) in [5.41, 5.74) is 3.51. The topological polar surface area (TPSA) is 72.7 Å². The average Bonchev–Trinajstić information content (AvgIpc) is 3.27. The van der Waals surface area contributed by atoms with Crippen LogP contribution in [0.25, 0.3) is 5.69 Å². The molecule has 0 aliphatic rings. The van der Waals surface area contributed by atoms with Gasteiger partial charge in [0, 0.05) is 10.6 Å². The maximum atomic E-state index is 12.9. The fourth-order valence-electron chi connectivity index (χ4n) is 3.06. The number of benzene rings is 3. The van der Waals surface area contributed by atoms with Crippen molar-refractivity contribution in [1.82, 2.24) is 20.2 Å². The Balaban J connectivity index is 1.50. The largest absolute Gasteiger partial charge is 0.322 e. The van der Waals surface area contributed by atoms with Crippen LogP contribution in [0.4, 0.5) is 5.69 Å². The van der Waals surface area contributed by atoms with Crippen molar-refractivity contribution in [1.29, 1.82) is 0 Å². The first kappa shape index (κ1) is 19.8. The third-order valence-corrected chi connectivity index (χ3v) is 5.69. The van der Waals surface area contributed by atoms with Crippen LogP contribution in [0.3, 0.4) is 0 Å². The van der Waals surface area contributed by atoms with Crippen molar-refractivity contribution in [2.24, 2.45) is 0 Å². The number of para-hydroxylation sites is 1. The average molecular weight is 416 g/mol. The van der Waals surface area contributed by atoms with Gasteiger partial charge in [-0.2, -0.15) is 4.68 Å². The first-order valence-corrected chi connectivity index (χ1v) is 10.7. The van der Waals surface area contributed by atoms with E-state index in [4.69, 9.17) is 0 Å². The molecule has 0 fully saturated rings. The van der Waals surface area contributed by atoms with Gasteiger partial charge < -0.3 is 5.32 Å². The van der Waals surface area contributed by atoms with Gasteiger partial charge in [0.2, 0.25) is 0 Å².